The molecule has 0 bridgehead atoms. The van der Waals surface area contributed by atoms with Gasteiger partial charge in [-0.1, -0.05) is 76.5 Å². The minimum Gasteiger partial charge on any atom is -0.464 e. The second-order valence-electron chi connectivity index (χ2n) is 6.89. The zero-order valence-electron chi connectivity index (χ0n) is 16.5. The lowest BCUT2D eigenvalue weighted by molar-refractivity contribution is -0.144. The van der Waals surface area contributed by atoms with Crippen LogP contribution in [0, 0.1) is 0 Å². The standard InChI is InChI=1S/C22H35NO3/c1-3-4-5-6-7-8-9-10-14-17-21(24)26-19-18-23(2)22(25)20-15-12-11-13-16-20/h11-13,15-16H,3-10,14,17-19H2,1-2H3. The van der Waals surface area contributed by atoms with Gasteiger partial charge in [-0.3, -0.25) is 9.59 Å². The maximum absolute atomic E-state index is 12.2. The first-order valence-electron chi connectivity index (χ1n) is 10.1. The molecule has 0 atom stereocenters. The van der Waals surface area contributed by atoms with Crippen molar-refractivity contribution in [3.8, 4) is 0 Å². The molecule has 1 aromatic rings. The number of esters is 1. The molecule has 0 heterocycles. The summed E-state index contributed by atoms with van der Waals surface area (Å²) in [4.78, 5) is 25.5. The second-order valence-corrected chi connectivity index (χ2v) is 6.89. The predicted molar refractivity (Wildman–Crippen MR) is 106 cm³/mol. The van der Waals surface area contributed by atoms with Crippen molar-refractivity contribution in [3.05, 3.63) is 35.9 Å². The third-order valence-corrected chi connectivity index (χ3v) is 4.54. The van der Waals surface area contributed by atoms with E-state index in [9.17, 15) is 9.59 Å². The van der Waals surface area contributed by atoms with E-state index in [1.807, 2.05) is 18.2 Å². The number of carbonyl (C=O) groups excluding carboxylic acids is 2. The molecule has 0 saturated carbocycles. The topological polar surface area (TPSA) is 46.6 Å². The van der Waals surface area contributed by atoms with Gasteiger partial charge in [0.1, 0.15) is 6.61 Å². The van der Waals surface area contributed by atoms with Gasteiger partial charge in [0.2, 0.25) is 0 Å². The maximum atomic E-state index is 12.2. The number of unbranched alkanes of at least 4 members (excludes halogenated alkanes) is 8. The zero-order chi connectivity index (χ0) is 19.0. The number of hydrogen-bond donors (Lipinski definition) is 0. The highest BCUT2D eigenvalue weighted by molar-refractivity contribution is 5.93. The number of carbonyl (C=O) groups is 2. The minimum atomic E-state index is -0.159. The van der Waals surface area contributed by atoms with E-state index in [-0.39, 0.29) is 18.5 Å². The molecule has 1 rings (SSSR count). The van der Waals surface area contributed by atoms with Crippen LogP contribution in [0.15, 0.2) is 30.3 Å². The van der Waals surface area contributed by atoms with E-state index in [4.69, 9.17) is 4.74 Å². The summed E-state index contributed by atoms with van der Waals surface area (Å²) in [5, 5.41) is 0. The van der Waals surface area contributed by atoms with Crippen molar-refractivity contribution in [2.24, 2.45) is 0 Å². The van der Waals surface area contributed by atoms with E-state index in [0.29, 0.717) is 18.5 Å². The Bertz CT molecular complexity index is 501. The van der Waals surface area contributed by atoms with Gasteiger partial charge < -0.3 is 9.64 Å². The number of rotatable bonds is 14. The minimum absolute atomic E-state index is 0.0550. The van der Waals surface area contributed by atoms with Crippen LogP contribution in [0.4, 0.5) is 0 Å². The van der Waals surface area contributed by atoms with Crippen LogP contribution in [-0.4, -0.2) is 37.0 Å². The predicted octanol–water partition coefficient (Wildman–Crippen LogP) is 5.22. The Morgan fingerprint density at radius 1 is 0.885 bits per heavy atom. The number of nitrogens with zero attached hydrogens (tertiary/aromatic N) is 1. The molecule has 26 heavy (non-hydrogen) atoms. The molecule has 0 N–H and O–H groups in total. The van der Waals surface area contributed by atoms with Crippen molar-refractivity contribution in [1.82, 2.24) is 4.90 Å². The van der Waals surface area contributed by atoms with Gasteiger partial charge in [-0.15, -0.1) is 0 Å². The van der Waals surface area contributed by atoms with Gasteiger partial charge in [0.25, 0.3) is 5.91 Å². The quantitative estimate of drug-likeness (QED) is 0.337. The second kappa shape index (κ2) is 14.3. The third-order valence-electron chi connectivity index (χ3n) is 4.54. The van der Waals surface area contributed by atoms with Crippen molar-refractivity contribution in [1.29, 1.82) is 0 Å². The number of amides is 1. The first kappa shape index (κ1) is 22.2. The van der Waals surface area contributed by atoms with Crippen molar-refractivity contribution < 1.29 is 14.3 Å². The molecule has 0 aliphatic heterocycles. The van der Waals surface area contributed by atoms with Crippen LogP contribution in [0.1, 0.15) is 81.5 Å². The highest BCUT2D eigenvalue weighted by atomic mass is 16.5. The molecule has 0 fully saturated rings. The third kappa shape index (κ3) is 10.2. The van der Waals surface area contributed by atoms with Crippen LogP contribution < -0.4 is 0 Å². The molecule has 4 nitrogen and oxygen atoms in total. The Morgan fingerprint density at radius 2 is 1.46 bits per heavy atom. The van der Waals surface area contributed by atoms with E-state index in [1.165, 1.54) is 44.9 Å². The van der Waals surface area contributed by atoms with Crippen LogP contribution in [0.3, 0.4) is 0 Å². The molecule has 4 heteroatoms. The van der Waals surface area contributed by atoms with Gasteiger partial charge in [-0.25, -0.2) is 0 Å². The summed E-state index contributed by atoms with van der Waals surface area (Å²) in [6.45, 7) is 2.90. The summed E-state index contributed by atoms with van der Waals surface area (Å²) >= 11 is 0. The van der Waals surface area contributed by atoms with E-state index < -0.39 is 0 Å². The summed E-state index contributed by atoms with van der Waals surface area (Å²) in [6, 6.07) is 9.13. The lowest BCUT2D eigenvalue weighted by Crippen LogP contribution is -2.30. The highest BCUT2D eigenvalue weighted by Gasteiger charge is 2.11. The van der Waals surface area contributed by atoms with Crippen LogP contribution in [0.5, 0.6) is 0 Å². The van der Waals surface area contributed by atoms with Gasteiger partial charge in [-0.2, -0.15) is 0 Å². The van der Waals surface area contributed by atoms with Crippen LogP contribution >= 0.6 is 0 Å². The average Bonchev–Trinajstić information content (AvgIpc) is 2.66. The van der Waals surface area contributed by atoms with Crippen molar-refractivity contribution in [3.63, 3.8) is 0 Å². The average molecular weight is 362 g/mol. The van der Waals surface area contributed by atoms with Gasteiger partial charge in [0.15, 0.2) is 0 Å². The molecule has 1 amide bonds. The lowest BCUT2D eigenvalue weighted by atomic mass is 10.1. The van der Waals surface area contributed by atoms with Gasteiger partial charge in [0.05, 0.1) is 6.54 Å². The van der Waals surface area contributed by atoms with E-state index in [1.54, 1.807) is 24.1 Å². The molecule has 1 aromatic carbocycles. The Balaban J connectivity index is 2.00. The SMILES string of the molecule is CCCCCCCCCCCC(=O)OCCN(C)C(=O)c1ccccc1. The van der Waals surface area contributed by atoms with E-state index >= 15 is 0 Å². The highest BCUT2D eigenvalue weighted by Crippen LogP contribution is 2.10. The first-order chi connectivity index (χ1) is 12.6. The van der Waals surface area contributed by atoms with Crippen LogP contribution in [0.25, 0.3) is 0 Å². The fourth-order valence-electron chi connectivity index (χ4n) is 2.85. The van der Waals surface area contributed by atoms with Crippen molar-refractivity contribution in [2.45, 2.75) is 71.1 Å². The summed E-state index contributed by atoms with van der Waals surface area (Å²) in [5.74, 6) is -0.214. The number of benzene rings is 1. The van der Waals surface area contributed by atoms with Crippen LogP contribution in [-0.2, 0) is 9.53 Å². The summed E-state index contributed by atoms with van der Waals surface area (Å²) in [7, 11) is 1.73. The first-order valence-corrected chi connectivity index (χ1v) is 10.1. The molecule has 0 aromatic heterocycles. The van der Waals surface area contributed by atoms with E-state index in [2.05, 4.69) is 6.92 Å². The number of likely N-dealkylation sites (N-methyl/N-ethyl adjacent to an activating group) is 1. The fraction of sp³-hybridized carbons (Fsp3) is 0.636. The fourth-order valence-corrected chi connectivity index (χ4v) is 2.85. The molecule has 146 valence electrons. The lowest BCUT2D eigenvalue weighted by Gasteiger charge is -2.17. The molecular weight excluding hydrogens is 326 g/mol. The zero-order valence-corrected chi connectivity index (χ0v) is 16.5. The van der Waals surface area contributed by atoms with Crippen LogP contribution in [0.2, 0.25) is 0 Å². The molecule has 0 spiro atoms. The summed E-state index contributed by atoms with van der Waals surface area (Å²) in [5.41, 5.74) is 0.649. The van der Waals surface area contributed by atoms with E-state index in [0.717, 1.165) is 12.8 Å². The Morgan fingerprint density at radius 3 is 2.08 bits per heavy atom. The Kier molecular flexibility index (Phi) is 12.2. The smallest absolute Gasteiger partial charge is 0.305 e. The molecule has 0 aliphatic carbocycles. The normalized spacial score (nSPS) is 10.5. The number of hydrogen-bond acceptors (Lipinski definition) is 3. The maximum Gasteiger partial charge on any atom is 0.305 e. The summed E-state index contributed by atoms with van der Waals surface area (Å²) < 4.78 is 5.24. The monoisotopic (exact) mass is 361 g/mol. The van der Waals surface area contributed by atoms with Gasteiger partial charge in [0, 0.05) is 19.0 Å². The number of ether oxygens (including phenoxy) is 1. The van der Waals surface area contributed by atoms with Crippen molar-refractivity contribution >= 4 is 11.9 Å². The molecule has 0 unspecified atom stereocenters. The Labute approximate surface area is 158 Å². The largest absolute Gasteiger partial charge is 0.464 e. The Hall–Kier alpha value is -1.84. The van der Waals surface area contributed by atoms with Gasteiger partial charge >= 0.3 is 5.97 Å². The van der Waals surface area contributed by atoms with Crippen molar-refractivity contribution in [2.75, 3.05) is 20.2 Å². The summed E-state index contributed by atoms with van der Waals surface area (Å²) in [6.07, 6.45) is 11.6. The molecule has 0 saturated heterocycles. The molecule has 0 radical (unpaired) electrons. The molecular formula is C22H35NO3. The van der Waals surface area contributed by atoms with Gasteiger partial charge in [-0.05, 0) is 18.6 Å². The molecule has 0 aliphatic rings.